The van der Waals surface area contributed by atoms with Crippen molar-refractivity contribution < 1.29 is 15.0 Å². The molecule has 0 spiro atoms. The van der Waals surface area contributed by atoms with E-state index >= 15 is 0 Å². The molecule has 0 aromatic carbocycles. The van der Waals surface area contributed by atoms with Crippen molar-refractivity contribution in [3.05, 3.63) is 0 Å². The minimum atomic E-state index is -0.609. The van der Waals surface area contributed by atoms with Crippen LogP contribution in [-0.2, 0) is 0 Å². The number of halogens is 1. The van der Waals surface area contributed by atoms with Crippen molar-refractivity contribution in [1.82, 2.24) is 10.6 Å². The minimum absolute atomic E-state index is 0. The number of nitrogens with two attached hydrogens (primary N) is 1. The molecule has 0 bridgehead atoms. The van der Waals surface area contributed by atoms with Crippen LogP contribution in [0.1, 0.15) is 0 Å². The molecule has 0 unspecified atom stereocenters. The van der Waals surface area contributed by atoms with E-state index in [0.29, 0.717) is 13.1 Å². The van der Waals surface area contributed by atoms with Crippen molar-refractivity contribution in [2.45, 2.75) is 6.04 Å². The molecule has 0 aliphatic heterocycles. The van der Waals surface area contributed by atoms with Gasteiger partial charge < -0.3 is 26.6 Å². The lowest BCUT2D eigenvalue weighted by molar-refractivity contribution is 0.169. The van der Waals surface area contributed by atoms with Crippen molar-refractivity contribution in [3.8, 4) is 0 Å². The molecule has 2 amide bonds. The second-order valence-corrected chi connectivity index (χ2v) is 2.25. The molecule has 0 aliphatic rings. The Kier molecular flexibility index (Phi) is 10.9. The molecule has 0 aliphatic carbocycles. The molecule has 0 heterocycles. The monoisotopic (exact) mass is 213 g/mol. The van der Waals surface area contributed by atoms with E-state index in [0.717, 1.165) is 0 Å². The third kappa shape index (κ3) is 7.79. The van der Waals surface area contributed by atoms with Gasteiger partial charge in [-0.2, -0.15) is 0 Å². The number of carbonyl (C=O) groups excluding carboxylic acids is 1. The van der Waals surface area contributed by atoms with E-state index in [-0.39, 0.29) is 25.6 Å². The normalized spacial score (nSPS) is 9.23. The Labute approximate surface area is 82.9 Å². The van der Waals surface area contributed by atoms with Gasteiger partial charge >= 0.3 is 6.03 Å². The maximum atomic E-state index is 10.8. The van der Waals surface area contributed by atoms with Crippen LogP contribution in [0.5, 0.6) is 0 Å². The predicted molar refractivity (Wildman–Crippen MR) is 50.8 cm³/mol. The second-order valence-electron chi connectivity index (χ2n) is 2.25. The Bertz CT molecular complexity index is 132. The number of rotatable bonds is 5. The number of urea groups is 1. The molecule has 0 saturated carbocycles. The zero-order chi connectivity index (χ0) is 9.40. The molecule has 0 rings (SSSR count). The lowest BCUT2D eigenvalue weighted by Gasteiger charge is -2.13. The summed E-state index contributed by atoms with van der Waals surface area (Å²) in [6.07, 6.45) is 0. The molecule has 0 aromatic rings. The van der Waals surface area contributed by atoms with Crippen LogP contribution in [0.25, 0.3) is 0 Å². The molecule has 0 atom stereocenters. The first-order valence-electron chi connectivity index (χ1n) is 3.70. The molecule has 7 heteroatoms. The highest BCUT2D eigenvalue weighted by atomic mass is 35.5. The topological polar surface area (TPSA) is 108 Å². The van der Waals surface area contributed by atoms with Gasteiger partial charge in [-0.3, -0.25) is 0 Å². The molecular formula is C6H16ClN3O3. The van der Waals surface area contributed by atoms with Gasteiger partial charge in [-0.25, -0.2) is 4.79 Å². The van der Waals surface area contributed by atoms with E-state index in [1.807, 2.05) is 0 Å². The highest BCUT2D eigenvalue weighted by Crippen LogP contribution is 1.78. The van der Waals surface area contributed by atoms with Crippen LogP contribution < -0.4 is 16.4 Å². The van der Waals surface area contributed by atoms with E-state index < -0.39 is 12.1 Å². The third-order valence-electron chi connectivity index (χ3n) is 1.21. The lowest BCUT2D eigenvalue weighted by Crippen LogP contribution is -2.46. The van der Waals surface area contributed by atoms with Crippen molar-refractivity contribution in [2.24, 2.45) is 5.73 Å². The summed E-state index contributed by atoms with van der Waals surface area (Å²) in [4.78, 5) is 10.8. The minimum Gasteiger partial charge on any atom is -0.394 e. The highest BCUT2D eigenvalue weighted by molar-refractivity contribution is 5.85. The number of amides is 2. The van der Waals surface area contributed by atoms with Gasteiger partial charge in [0.05, 0.1) is 19.3 Å². The number of aliphatic hydroxyl groups is 2. The number of hydrogen-bond acceptors (Lipinski definition) is 4. The van der Waals surface area contributed by atoms with Crippen molar-refractivity contribution in [3.63, 3.8) is 0 Å². The number of hydrogen-bond donors (Lipinski definition) is 5. The van der Waals surface area contributed by atoms with Crippen LogP contribution >= 0.6 is 12.4 Å². The summed E-state index contributed by atoms with van der Waals surface area (Å²) in [7, 11) is 0. The number of aliphatic hydroxyl groups excluding tert-OH is 2. The first-order valence-corrected chi connectivity index (χ1v) is 3.70. The predicted octanol–water partition coefficient (Wildman–Crippen LogP) is -1.98. The zero-order valence-electron chi connectivity index (χ0n) is 7.19. The molecule has 80 valence electrons. The summed E-state index contributed by atoms with van der Waals surface area (Å²) in [6, 6.07) is -1.05. The Balaban J connectivity index is 0. The van der Waals surface area contributed by atoms with Crippen molar-refractivity contribution in [1.29, 1.82) is 0 Å². The van der Waals surface area contributed by atoms with Crippen LogP contribution in [-0.4, -0.2) is 48.6 Å². The van der Waals surface area contributed by atoms with Crippen LogP contribution in [0.4, 0.5) is 4.79 Å². The SMILES string of the molecule is Cl.NCCNC(=O)NC(CO)CO. The molecule has 13 heavy (non-hydrogen) atoms. The summed E-state index contributed by atoms with van der Waals surface area (Å²) in [6.45, 7) is 0.158. The van der Waals surface area contributed by atoms with Gasteiger partial charge in [-0.1, -0.05) is 0 Å². The standard InChI is InChI=1S/C6H15N3O3.ClH/c7-1-2-8-6(12)9-5(3-10)4-11;/h5,10-11H,1-4,7H2,(H2,8,9,12);1H. The third-order valence-corrected chi connectivity index (χ3v) is 1.21. The molecule has 6 nitrogen and oxygen atoms in total. The maximum Gasteiger partial charge on any atom is 0.315 e. The van der Waals surface area contributed by atoms with Crippen molar-refractivity contribution >= 4 is 18.4 Å². The van der Waals surface area contributed by atoms with Crippen LogP contribution in [0, 0.1) is 0 Å². The number of nitrogens with one attached hydrogen (secondary N) is 2. The van der Waals surface area contributed by atoms with E-state index in [1.54, 1.807) is 0 Å². The fourth-order valence-electron chi connectivity index (χ4n) is 0.571. The summed E-state index contributed by atoms with van der Waals surface area (Å²) in [5.41, 5.74) is 5.13. The fourth-order valence-corrected chi connectivity index (χ4v) is 0.571. The van der Waals surface area contributed by atoms with E-state index in [1.165, 1.54) is 0 Å². The highest BCUT2D eigenvalue weighted by Gasteiger charge is 2.08. The summed E-state index contributed by atoms with van der Waals surface area (Å²) >= 11 is 0. The van der Waals surface area contributed by atoms with Gasteiger partial charge in [-0.05, 0) is 0 Å². The van der Waals surface area contributed by atoms with Gasteiger partial charge in [0.25, 0.3) is 0 Å². The first kappa shape index (κ1) is 14.9. The molecule has 0 radical (unpaired) electrons. The summed E-state index contributed by atoms with van der Waals surface area (Å²) in [5, 5.41) is 21.9. The van der Waals surface area contributed by atoms with Gasteiger partial charge in [0, 0.05) is 13.1 Å². The van der Waals surface area contributed by atoms with Gasteiger partial charge in [0.15, 0.2) is 0 Å². The van der Waals surface area contributed by atoms with Gasteiger partial charge in [-0.15, -0.1) is 12.4 Å². The first-order chi connectivity index (χ1) is 5.74. The summed E-state index contributed by atoms with van der Waals surface area (Å²) < 4.78 is 0. The molecule has 0 fully saturated rings. The number of carbonyl (C=O) groups is 1. The maximum absolute atomic E-state index is 10.8. The quantitative estimate of drug-likeness (QED) is 0.365. The average molecular weight is 214 g/mol. The fraction of sp³-hybridized carbons (Fsp3) is 0.833. The Morgan fingerprint density at radius 2 is 1.92 bits per heavy atom. The molecule has 0 saturated heterocycles. The summed E-state index contributed by atoms with van der Waals surface area (Å²) in [5.74, 6) is 0. The average Bonchev–Trinajstić information content (AvgIpc) is 2.10. The lowest BCUT2D eigenvalue weighted by atomic mass is 10.3. The largest absolute Gasteiger partial charge is 0.394 e. The Morgan fingerprint density at radius 1 is 1.38 bits per heavy atom. The van der Waals surface area contributed by atoms with Gasteiger partial charge in [0.1, 0.15) is 0 Å². The van der Waals surface area contributed by atoms with Gasteiger partial charge in [0.2, 0.25) is 0 Å². The van der Waals surface area contributed by atoms with Crippen LogP contribution in [0.3, 0.4) is 0 Å². The van der Waals surface area contributed by atoms with E-state index in [9.17, 15) is 4.79 Å². The Hall–Kier alpha value is -0.560. The smallest absolute Gasteiger partial charge is 0.315 e. The molecule has 0 aromatic heterocycles. The molecule has 6 N–H and O–H groups in total. The van der Waals surface area contributed by atoms with Crippen LogP contribution in [0.2, 0.25) is 0 Å². The second kappa shape index (κ2) is 9.53. The van der Waals surface area contributed by atoms with Crippen molar-refractivity contribution in [2.75, 3.05) is 26.3 Å². The zero-order valence-corrected chi connectivity index (χ0v) is 8.01. The molecular weight excluding hydrogens is 198 g/mol. The van der Waals surface area contributed by atoms with E-state index in [4.69, 9.17) is 15.9 Å². The van der Waals surface area contributed by atoms with E-state index in [2.05, 4.69) is 10.6 Å². The van der Waals surface area contributed by atoms with Crippen LogP contribution in [0.15, 0.2) is 0 Å². The Morgan fingerprint density at radius 3 is 2.31 bits per heavy atom.